The second-order valence-corrected chi connectivity index (χ2v) is 5.34. The first-order valence-corrected chi connectivity index (χ1v) is 7.29. The van der Waals surface area contributed by atoms with Gasteiger partial charge in [0.15, 0.2) is 0 Å². The summed E-state index contributed by atoms with van der Waals surface area (Å²) in [5.41, 5.74) is 7.39. The van der Waals surface area contributed by atoms with E-state index in [1.807, 2.05) is 54.6 Å². The van der Waals surface area contributed by atoms with Crippen LogP contribution in [0.2, 0.25) is 0 Å². The summed E-state index contributed by atoms with van der Waals surface area (Å²) in [5, 5.41) is 0. The first-order valence-electron chi connectivity index (χ1n) is 6.50. The van der Waals surface area contributed by atoms with Crippen LogP contribution in [0.15, 0.2) is 59.1 Å². The van der Waals surface area contributed by atoms with Crippen molar-refractivity contribution >= 4 is 21.8 Å². The predicted molar refractivity (Wildman–Crippen MR) is 84.4 cm³/mol. The molecule has 4 heteroatoms. The Morgan fingerprint density at radius 3 is 2.35 bits per heavy atom. The van der Waals surface area contributed by atoms with Crippen molar-refractivity contribution in [3.05, 3.63) is 70.2 Å². The van der Waals surface area contributed by atoms with Crippen molar-refractivity contribution in [2.24, 2.45) is 5.73 Å². The molecule has 0 atom stereocenters. The van der Waals surface area contributed by atoms with E-state index in [4.69, 9.17) is 5.73 Å². The lowest BCUT2D eigenvalue weighted by molar-refractivity contribution is 0.0747. The molecule has 2 rings (SSSR count). The average Bonchev–Trinajstić information content (AvgIpc) is 2.48. The van der Waals surface area contributed by atoms with E-state index in [2.05, 4.69) is 15.9 Å². The SMILES string of the molecule is NCCN(Cc1ccccc1)C(=O)c1ccccc1Br. The molecule has 0 spiro atoms. The Bertz CT molecular complexity index is 572. The third-order valence-electron chi connectivity index (χ3n) is 3.01. The van der Waals surface area contributed by atoms with Crippen LogP contribution in [0, 0.1) is 0 Å². The zero-order valence-electron chi connectivity index (χ0n) is 11.1. The third kappa shape index (κ3) is 3.68. The van der Waals surface area contributed by atoms with E-state index in [1.165, 1.54) is 0 Å². The van der Waals surface area contributed by atoms with Gasteiger partial charge in [0.25, 0.3) is 5.91 Å². The predicted octanol–water partition coefficient (Wildman–Crippen LogP) is 3.05. The van der Waals surface area contributed by atoms with Crippen LogP contribution in [-0.4, -0.2) is 23.9 Å². The number of hydrogen-bond donors (Lipinski definition) is 1. The second-order valence-electron chi connectivity index (χ2n) is 4.48. The van der Waals surface area contributed by atoms with Gasteiger partial charge in [-0.25, -0.2) is 0 Å². The first kappa shape index (κ1) is 14.8. The molecule has 104 valence electrons. The van der Waals surface area contributed by atoms with Gasteiger partial charge in [0.2, 0.25) is 0 Å². The van der Waals surface area contributed by atoms with Crippen molar-refractivity contribution in [3.63, 3.8) is 0 Å². The molecule has 1 amide bonds. The fraction of sp³-hybridized carbons (Fsp3) is 0.188. The van der Waals surface area contributed by atoms with Crippen molar-refractivity contribution in [1.82, 2.24) is 4.90 Å². The fourth-order valence-electron chi connectivity index (χ4n) is 2.02. The molecular weight excluding hydrogens is 316 g/mol. The van der Waals surface area contributed by atoms with E-state index in [-0.39, 0.29) is 5.91 Å². The fourth-order valence-corrected chi connectivity index (χ4v) is 2.47. The molecular formula is C16H17BrN2O. The number of benzene rings is 2. The van der Waals surface area contributed by atoms with Crippen LogP contribution in [0.5, 0.6) is 0 Å². The molecule has 0 saturated carbocycles. The molecule has 0 unspecified atom stereocenters. The van der Waals surface area contributed by atoms with Crippen LogP contribution in [0.4, 0.5) is 0 Å². The van der Waals surface area contributed by atoms with E-state index >= 15 is 0 Å². The van der Waals surface area contributed by atoms with Crippen LogP contribution in [0.1, 0.15) is 15.9 Å². The maximum atomic E-state index is 12.6. The Hall–Kier alpha value is -1.65. The zero-order valence-corrected chi connectivity index (χ0v) is 12.7. The number of halogens is 1. The molecule has 0 aliphatic rings. The summed E-state index contributed by atoms with van der Waals surface area (Å²) in [7, 11) is 0. The quantitative estimate of drug-likeness (QED) is 0.914. The molecule has 0 aliphatic heterocycles. The van der Waals surface area contributed by atoms with E-state index < -0.39 is 0 Å². The number of hydrogen-bond acceptors (Lipinski definition) is 2. The number of carbonyl (C=O) groups excluding carboxylic acids is 1. The van der Waals surface area contributed by atoms with Gasteiger partial charge in [0, 0.05) is 24.1 Å². The lowest BCUT2D eigenvalue weighted by atomic mass is 10.1. The van der Waals surface area contributed by atoms with Crippen LogP contribution in [0.25, 0.3) is 0 Å². The lowest BCUT2D eigenvalue weighted by Crippen LogP contribution is -2.35. The van der Waals surface area contributed by atoms with Gasteiger partial charge in [-0.2, -0.15) is 0 Å². The van der Waals surface area contributed by atoms with E-state index in [9.17, 15) is 4.79 Å². The monoisotopic (exact) mass is 332 g/mol. The van der Waals surface area contributed by atoms with Crippen molar-refractivity contribution in [3.8, 4) is 0 Å². The number of nitrogens with two attached hydrogens (primary N) is 1. The maximum absolute atomic E-state index is 12.6. The number of nitrogens with zero attached hydrogens (tertiary/aromatic N) is 1. The Labute approximate surface area is 127 Å². The van der Waals surface area contributed by atoms with Crippen LogP contribution in [-0.2, 0) is 6.54 Å². The molecule has 3 nitrogen and oxygen atoms in total. The van der Waals surface area contributed by atoms with Gasteiger partial charge in [-0.3, -0.25) is 4.79 Å². The van der Waals surface area contributed by atoms with E-state index in [0.29, 0.717) is 25.2 Å². The summed E-state index contributed by atoms with van der Waals surface area (Å²) in [6.07, 6.45) is 0. The highest BCUT2D eigenvalue weighted by Gasteiger charge is 2.17. The van der Waals surface area contributed by atoms with Gasteiger partial charge in [0.1, 0.15) is 0 Å². The molecule has 20 heavy (non-hydrogen) atoms. The van der Waals surface area contributed by atoms with E-state index in [1.54, 1.807) is 4.90 Å². The average molecular weight is 333 g/mol. The summed E-state index contributed by atoms with van der Waals surface area (Å²) in [6, 6.07) is 17.4. The Balaban J connectivity index is 2.20. The molecule has 2 aromatic carbocycles. The van der Waals surface area contributed by atoms with Crippen LogP contribution >= 0.6 is 15.9 Å². The van der Waals surface area contributed by atoms with Gasteiger partial charge in [-0.1, -0.05) is 42.5 Å². The zero-order chi connectivity index (χ0) is 14.4. The van der Waals surface area contributed by atoms with Crippen molar-refractivity contribution in [1.29, 1.82) is 0 Å². The summed E-state index contributed by atoms with van der Waals surface area (Å²) in [5.74, 6) is -0.00761. The molecule has 0 bridgehead atoms. The van der Waals surface area contributed by atoms with Gasteiger partial charge in [-0.15, -0.1) is 0 Å². The van der Waals surface area contributed by atoms with Gasteiger partial charge in [0.05, 0.1) is 5.56 Å². The Morgan fingerprint density at radius 1 is 1.05 bits per heavy atom. The largest absolute Gasteiger partial charge is 0.333 e. The van der Waals surface area contributed by atoms with Crippen LogP contribution in [0.3, 0.4) is 0 Å². The van der Waals surface area contributed by atoms with Gasteiger partial charge in [-0.05, 0) is 33.6 Å². The maximum Gasteiger partial charge on any atom is 0.255 e. The van der Waals surface area contributed by atoms with Crippen molar-refractivity contribution in [2.75, 3.05) is 13.1 Å². The minimum absolute atomic E-state index is 0.00761. The second kappa shape index (κ2) is 7.22. The molecule has 0 heterocycles. The molecule has 0 saturated heterocycles. The third-order valence-corrected chi connectivity index (χ3v) is 3.70. The molecule has 0 aliphatic carbocycles. The molecule has 0 fully saturated rings. The topological polar surface area (TPSA) is 46.3 Å². The Morgan fingerprint density at radius 2 is 1.70 bits per heavy atom. The number of carbonyl (C=O) groups is 1. The highest BCUT2D eigenvalue weighted by molar-refractivity contribution is 9.10. The Kier molecular flexibility index (Phi) is 5.32. The van der Waals surface area contributed by atoms with Gasteiger partial charge < -0.3 is 10.6 Å². The van der Waals surface area contributed by atoms with Crippen LogP contribution < -0.4 is 5.73 Å². The van der Waals surface area contributed by atoms with E-state index in [0.717, 1.165) is 10.0 Å². The highest BCUT2D eigenvalue weighted by Crippen LogP contribution is 2.19. The first-order chi connectivity index (χ1) is 9.72. The summed E-state index contributed by atoms with van der Waals surface area (Å²) in [4.78, 5) is 14.4. The number of rotatable bonds is 5. The minimum Gasteiger partial charge on any atom is -0.333 e. The number of amides is 1. The molecule has 0 radical (unpaired) electrons. The molecule has 2 aromatic rings. The summed E-state index contributed by atoms with van der Waals surface area (Å²) >= 11 is 3.42. The summed E-state index contributed by atoms with van der Waals surface area (Å²) in [6.45, 7) is 1.55. The normalized spacial score (nSPS) is 10.3. The molecule has 2 N–H and O–H groups in total. The van der Waals surface area contributed by atoms with Crippen molar-refractivity contribution < 1.29 is 4.79 Å². The smallest absolute Gasteiger partial charge is 0.255 e. The standard InChI is InChI=1S/C16H17BrN2O/c17-15-9-5-4-8-14(15)16(20)19(11-10-18)12-13-6-2-1-3-7-13/h1-9H,10-12,18H2. The van der Waals surface area contributed by atoms with Crippen molar-refractivity contribution in [2.45, 2.75) is 6.54 Å². The lowest BCUT2D eigenvalue weighted by Gasteiger charge is -2.22. The van der Waals surface area contributed by atoms with Gasteiger partial charge >= 0.3 is 0 Å². The highest BCUT2D eigenvalue weighted by atomic mass is 79.9. The summed E-state index contributed by atoms with van der Waals surface area (Å²) < 4.78 is 0.806. The molecule has 0 aromatic heterocycles. The minimum atomic E-state index is -0.00761.